The van der Waals surface area contributed by atoms with Crippen LogP contribution in [0.3, 0.4) is 0 Å². The lowest BCUT2D eigenvalue weighted by Gasteiger charge is -2.14. The molecule has 4 nitrogen and oxygen atoms in total. The van der Waals surface area contributed by atoms with Crippen molar-refractivity contribution >= 4 is 52.2 Å². The third-order valence-corrected chi connectivity index (χ3v) is 6.63. The Morgan fingerprint density at radius 2 is 1.66 bits per heavy atom. The molecule has 0 radical (unpaired) electrons. The molecule has 3 aromatic rings. The van der Waals surface area contributed by atoms with Gasteiger partial charge in [0.25, 0.3) is 11.1 Å². The first-order chi connectivity index (χ1) is 15.4. The quantitative estimate of drug-likeness (QED) is 0.350. The van der Waals surface area contributed by atoms with Gasteiger partial charge in [0.2, 0.25) is 0 Å². The van der Waals surface area contributed by atoms with Crippen molar-refractivity contribution in [2.24, 2.45) is 0 Å². The van der Waals surface area contributed by atoms with E-state index in [2.05, 4.69) is 0 Å². The summed E-state index contributed by atoms with van der Waals surface area (Å²) in [6.45, 7) is 2.50. The fourth-order valence-electron chi connectivity index (χ4n) is 3.24. The van der Waals surface area contributed by atoms with Crippen LogP contribution in [0.15, 0.2) is 71.6 Å². The van der Waals surface area contributed by atoms with Crippen LogP contribution in [0, 0.1) is 6.92 Å². The van der Waals surface area contributed by atoms with Crippen LogP contribution in [-0.2, 0) is 17.9 Å². The fraction of sp³-hybridized carbons (Fsp3) is 0.120. The molecule has 1 heterocycles. The average Bonchev–Trinajstić information content (AvgIpc) is 3.03. The first kappa shape index (κ1) is 22.5. The van der Waals surface area contributed by atoms with Gasteiger partial charge in [0.15, 0.2) is 0 Å². The Morgan fingerprint density at radius 1 is 0.938 bits per heavy atom. The van der Waals surface area contributed by atoms with Crippen LogP contribution in [0.4, 0.5) is 4.79 Å². The summed E-state index contributed by atoms with van der Waals surface area (Å²) in [5.41, 5.74) is 3.55. The van der Waals surface area contributed by atoms with E-state index in [1.807, 2.05) is 49.4 Å². The predicted molar refractivity (Wildman–Crippen MR) is 130 cm³/mol. The highest BCUT2D eigenvalue weighted by atomic mass is 35.5. The summed E-state index contributed by atoms with van der Waals surface area (Å²) < 4.78 is 5.79. The number of benzene rings is 3. The standard InChI is InChI=1S/C25H19Cl2NO3S/c1-16-6-2-3-7-18(16)14-28-24(29)23(32-25(28)30)13-17-10-11-22(21(27)12-17)31-15-19-8-4-5-9-20(19)26/h2-13H,14-15H2,1H3/b23-13-. The number of aryl methyl sites for hydroxylation is 1. The summed E-state index contributed by atoms with van der Waals surface area (Å²) >= 11 is 13.5. The van der Waals surface area contributed by atoms with E-state index < -0.39 is 0 Å². The normalized spacial score (nSPS) is 15.0. The highest BCUT2D eigenvalue weighted by molar-refractivity contribution is 8.18. The molecule has 0 saturated carbocycles. The Kier molecular flexibility index (Phi) is 6.89. The van der Waals surface area contributed by atoms with E-state index >= 15 is 0 Å². The van der Waals surface area contributed by atoms with Crippen molar-refractivity contribution in [3.63, 3.8) is 0 Å². The van der Waals surface area contributed by atoms with Crippen molar-refractivity contribution < 1.29 is 14.3 Å². The van der Waals surface area contributed by atoms with Gasteiger partial charge in [-0.1, -0.05) is 71.7 Å². The molecule has 3 aromatic carbocycles. The molecular weight excluding hydrogens is 465 g/mol. The summed E-state index contributed by atoms with van der Waals surface area (Å²) in [6, 6.07) is 20.4. The summed E-state index contributed by atoms with van der Waals surface area (Å²) in [6.07, 6.45) is 1.67. The number of hydrogen-bond donors (Lipinski definition) is 0. The molecule has 1 saturated heterocycles. The van der Waals surface area contributed by atoms with Gasteiger partial charge in [-0.25, -0.2) is 0 Å². The monoisotopic (exact) mass is 483 g/mol. The summed E-state index contributed by atoms with van der Waals surface area (Å²) in [4.78, 5) is 26.9. The molecule has 0 bridgehead atoms. The number of thioether (sulfide) groups is 1. The van der Waals surface area contributed by atoms with Crippen LogP contribution >= 0.6 is 35.0 Å². The number of carbonyl (C=O) groups excluding carboxylic acids is 2. The summed E-state index contributed by atoms with van der Waals surface area (Å²) in [5, 5.41) is 0.752. The molecule has 162 valence electrons. The van der Waals surface area contributed by atoms with Crippen LogP contribution in [0.1, 0.15) is 22.3 Å². The average molecular weight is 484 g/mol. The number of carbonyl (C=O) groups is 2. The Hall–Kier alpha value is -2.73. The molecule has 2 amide bonds. The minimum absolute atomic E-state index is 0.254. The van der Waals surface area contributed by atoms with E-state index in [1.54, 1.807) is 30.3 Å². The van der Waals surface area contributed by atoms with Crippen molar-refractivity contribution in [3.05, 3.63) is 104 Å². The molecule has 0 N–H and O–H groups in total. The van der Waals surface area contributed by atoms with E-state index in [0.717, 1.165) is 28.5 Å². The highest BCUT2D eigenvalue weighted by Gasteiger charge is 2.35. The summed E-state index contributed by atoms with van der Waals surface area (Å²) in [5.74, 6) is 0.204. The molecule has 0 aromatic heterocycles. The zero-order valence-electron chi connectivity index (χ0n) is 17.2. The minimum Gasteiger partial charge on any atom is -0.487 e. The lowest BCUT2D eigenvalue weighted by molar-refractivity contribution is -0.123. The Balaban J connectivity index is 1.47. The molecule has 4 rings (SSSR count). The predicted octanol–water partition coefficient (Wildman–Crippen LogP) is 7.12. The first-order valence-electron chi connectivity index (χ1n) is 9.88. The second kappa shape index (κ2) is 9.82. The third-order valence-electron chi connectivity index (χ3n) is 5.06. The maximum atomic E-state index is 12.8. The van der Waals surface area contributed by atoms with E-state index in [1.165, 1.54) is 4.90 Å². The molecular formula is C25H19Cl2NO3S. The maximum absolute atomic E-state index is 12.8. The molecule has 0 atom stereocenters. The zero-order valence-corrected chi connectivity index (χ0v) is 19.5. The van der Waals surface area contributed by atoms with Crippen LogP contribution in [0.2, 0.25) is 10.0 Å². The number of imide groups is 1. The molecule has 1 aliphatic heterocycles. The van der Waals surface area contributed by atoms with E-state index in [-0.39, 0.29) is 24.3 Å². The molecule has 1 fully saturated rings. The number of halogens is 2. The molecule has 7 heteroatoms. The van der Waals surface area contributed by atoms with E-state index in [4.69, 9.17) is 27.9 Å². The number of rotatable bonds is 6. The van der Waals surface area contributed by atoms with Crippen molar-refractivity contribution in [1.29, 1.82) is 0 Å². The second-order valence-electron chi connectivity index (χ2n) is 7.26. The van der Waals surface area contributed by atoms with Gasteiger partial charge in [0, 0.05) is 10.6 Å². The molecule has 32 heavy (non-hydrogen) atoms. The van der Waals surface area contributed by atoms with Gasteiger partial charge in [-0.3, -0.25) is 14.5 Å². The van der Waals surface area contributed by atoms with Crippen molar-refractivity contribution in [2.75, 3.05) is 0 Å². The fourth-order valence-corrected chi connectivity index (χ4v) is 4.51. The largest absolute Gasteiger partial charge is 0.487 e. The van der Waals surface area contributed by atoms with Gasteiger partial charge < -0.3 is 4.74 Å². The van der Waals surface area contributed by atoms with Gasteiger partial charge in [-0.15, -0.1) is 0 Å². The van der Waals surface area contributed by atoms with Gasteiger partial charge in [-0.2, -0.15) is 0 Å². The molecule has 1 aliphatic rings. The van der Waals surface area contributed by atoms with Crippen LogP contribution < -0.4 is 4.74 Å². The summed E-state index contributed by atoms with van der Waals surface area (Å²) in [7, 11) is 0. The molecule has 0 spiro atoms. The SMILES string of the molecule is Cc1ccccc1CN1C(=O)S/C(=C\c2ccc(OCc3ccccc3Cl)c(Cl)c2)C1=O. The van der Waals surface area contributed by atoms with Crippen LogP contribution in [-0.4, -0.2) is 16.0 Å². The third kappa shape index (κ3) is 5.01. The number of amides is 2. The van der Waals surface area contributed by atoms with Crippen molar-refractivity contribution in [2.45, 2.75) is 20.1 Å². The Labute approximate surface area is 200 Å². The van der Waals surface area contributed by atoms with E-state index in [9.17, 15) is 9.59 Å². The topological polar surface area (TPSA) is 46.6 Å². The second-order valence-corrected chi connectivity index (χ2v) is 9.07. The zero-order chi connectivity index (χ0) is 22.7. The van der Waals surface area contributed by atoms with Crippen LogP contribution in [0.25, 0.3) is 6.08 Å². The van der Waals surface area contributed by atoms with E-state index in [0.29, 0.717) is 26.3 Å². The highest BCUT2D eigenvalue weighted by Crippen LogP contribution is 2.35. The lowest BCUT2D eigenvalue weighted by Crippen LogP contribution is -2.27. The van der Waals surface area contributed by atoms with Gasteiger partial charge in [0.1, 0.15) is 12.4 Å². The Bertz CT molecular complexity index is 1230. The first-order valence-corrected chi connectivity index (χ1v) is 11.5. The van der Waals surface area contributed by atoms with Crippen LogP contribution in [0.5, 0.6) is 5.75 Å². The van der Waals surface area contributed by atoms with Crippen molar-refractivity contribution in [1.82, 2.24) is 4.90 Å². The Morgan fingerprint density at radius 3 is 2.38 bits per heavy atom. The van der Waals surface area contributed by atoms with Gasteiger partial charge >= 0.3 is 0 Å². The maximum Gasteiger partial charge on any atom is 0.293 e. The lowest BCUT2D eigenvalue weighted by atomic mass is 10.1. The number of hydrogen-bond acceptors (Lipinski definition) is 4. The van der Waals surface area contributed by atoms with Gasteiger partial charge in [0.05, 0.1) is 16.5 Å². The number of ether oxygens (including phenoxy) is 1. The molecule has 0 aliphatic carbocycles. The minimum atomic E-state index is -0.307. The van der Waals surface area contributed by atoms with Crippen molar-refractivity contribution in [3.8, 4) is 5.75 Å². The van der Waals surface area contributed by atoms with Gasteiger partial charge in [-0.05, 0) is 59.7 Å². The smallest absolute Gasteiger partial charge is 0.293 e. The number of nitrogens with zero attached hydrogens (tertiary/aromatic N) is 1. The molecule has 0 unspecified atom stereocenters.